The summed E-state index contributed by atoms with van der Waals surface area (Å²) in [6.45, 7) is 8.90. The number of methoxy groups -OCH3 is 1. The normalized spacial score (nSPS) is 14.6. The first-order valence-corrected chi connectivity index (χ1v) is 10.4. The first-order chi connectivity index (χ1) is 14.0. The zero-order chi connectivity index (χ0) is 20.8. The third kappa shape index (κ3) is 5.73. The lowest BCUT2D eigenvalue weighted by atomic mass is 10.0. The van der Waals surface area contributed by atoms with Gasteiger partial charge in [-0.2, -0.15) is 0 Å². The molecule has 1 fully saturated rings. The highest BCUT2D eigenvalue weighted by Crippen LogP contribution is 2.20. The van der Waals surface area contributed by atoms with Crippen molar-refractivity contribution in [2.75, 3.05) is 51.8 Å². The predicted molar refractivity (Wildman–Crippen MR) is 119 cm³/mol. The van der Waals surface area contributed by atoms with E-state index in [1.54, 1.807) is 7.11 Å². The molecular formula is C24H33N3O2. The summed E-state index contributed by atoms with van der Waals surface area (Å²) in [7, 11) is 3.69. The number of likely N-dealkylation sites (N-methyl/N-ethyl adjacent to an activating group) is 1. The highest BCUT2D eigenvalue weighted by molar-refractivity contribution is 5.78. The molecule has 29 heavy (non-hydrogen) atoms. The third-order valence-electron chi connectivity index (χ3n) is 5.57. The highest BCUT2D eigenvalue weighted by Gasteiger charge is 2.22. The van der Waals surface area contributed by atoms with Gasteiger partial charge in [0.05, 0.1) is 13.7 Å². The Morgan fingerprint density at radius 3 is 2.17 bits per heavy atom. The molecular weight excluding hydrogens is 362 g/mol. The van der Waals surface area contributed by atoms with Crippen LogP contribution in [0.2, 0.25) is 0 Å². The Morgan fingerprint density at radius 2 is 1.62 bits per heavy atom. The van der Waals surface area contributed by atoms with Gasteiger partial charge in [0.25, 0.3) is 0 Å². The van der Waals surface area contributed by atoms with E-state index in [2.05, 4.69) is 60.0 Å². The van der Waals surface area contributed by atoms with Gasteiger partial charge in [-0.05, 0) is 48.4 Å². The highest BCUT2D eigenvalue weighted by atomic mass is 16.5. The van der Waals surface area contributed by atoms with Gasteiger partial charge in [0.15, 0.2) is 0 Å². The molecule has 156 valence electrons. The van der Waals surface area contributed by atoms with E-state index in [0.29, 0.717) is 12.5 Å². The van der Waals surface area contributed by atoms with E-state index >= 15 is 0 Å². The van der Waals surface area contributed by atoms with Crippen molar-refractivity contribution in [3.05, 3.63) is 59.7 Å². The van der Waals surface area contributed by atoms with Crippen LogP contribution in [0.3, 0.4) is 0 Å². The van der Waals surface area contributed by atoms with E-state index in [0.717, 1.165) is 38.5 Å². The Hall–Kier alpha value is -2.53. The maximum Gasteiger partial charge on any atom is 0.236 e. The second-order valence-electron chi connectivity index (χ2n) is 8.13. The van der Waals surface area contributed by atoms with E-state index in [-0.39, 0.29) is 5.91 Å². The lowest BCUT2D eigenvalue weighted by Crippen LogP contribution is -2.51. The summed E-state index contributed by atoms with van der Waals surface area (Å²) in [6, 6.07) is 16.8. The predicted octanol–water partition coefficient (Wildman–Crippen LogP) is 3.60. The molecule has 0 radical (unpaired) electrons. The quantitative estimate of drug-likeness (QED) is 0.718. The number of ether oxygens (including phenoxy) is 1. The lowest BCUT2D eigenvalue weighted by Gasteiger charge is -2.36. The first-order valence-electron chi connectivity index (χ1n) is 10.4. The van der Waals surface area contributed by atoms with Crippen molar-refractivity contribution in [2.24, 2.45) is 0 Å². The number of nitrogens with zero attached hydrogens (tertiary/aromatic N) is 3. The summed E-state index contributed by atoms with van der Waals surface area (Å²) < 4.78 is 5.22. The number of anilines is 1. The molecule has 5 nitrogen and oxygen atoms in total. The molecule has 0 N–H and O–H groups in total. The number of amides is 1. The second kappa shape index (κ2) is 9.79. The minimum absolute atomic E-state index is 0.209. The van der Waals surface area contributed by atoms with Crippen molar-refractivity contribution in [1.82, 2.24) is 9.80 Å². The van der Waals surface area contributed by atoms with Crippen LogP contribution in [0.5, 0.6) is 5.75 Å². The molecule has 0 saturated carbocycles. The van der Waals surface area contributed by atoms with Gasteiger partial charge < -0.3 is 14.5 Å². The Bertz CT molecular complexity index is 779. The van der Waals surface area contributed by atoms with E-state index in [9.17, 15) is 4.79 Å². The fourth-order valence-electron chi connectivity index (χ4n) is 3.71. The Labute approximate surface area is 174 Å². The Morgan fingerprint density at radius 1 is 1.00 bits per heavy atom. The van der Waals surface area contributed by atoms with Gasteiger partial charge in [-0.1, -0.05) is 38.1 Å². The number of hydrogen-bond donors (Lipinski definition) is 0. The molecule has 0 aliphatic carbocycles. The van der Waals surface area contributed by atoms with Crippen molar-refractivity contribution < 1.29 is 9.53 Å². The van der Waals surface area contributed by atoms with Gasteiger partial charge in [0.2, 0.25) is 5.91 Å². The minimum atomic E-state index is 0.209. The fraction of sp³-hybridized carbons (Fsp3) is 0.458. The number of carbonyl (C=O) groups is 1. The maximum atomic E-state index is 12.7. The van der Waals surface area contributed by atoms with Crippen LogP contribution >= 0.6 is 0 Å². The van der Waals surface area contributed by atoms with E-state index in [1.165, 1.54) is 16.8 Å². The maximum absolute atomic E-state index is 12.7. The molecule has 1 amide bonds. The van der Waals surface area contributed by atoms with Crippen molar-refractivity contribution >= 4 is 11.6 Å². The Kier molecular flexibility index (Phi) is 7.15. The third-order valence-corrected chi connectivity index (χ3v) is 5.57. The monoisotopic (exact) mass is 395 g/mol. The molecule has 2 aromatic carbocycles. The fourth-order valence-corrected chi connectivity index (χ4v) is 3.71. The summed E-state index contributed by atoms with van der Waals surface area (Å²) in [5.41, 5.74) is 3.77. The van der Waals surface area contributed by atoms with Gasteiger partial charge in [0.1, 0.15) is 5.75 Å². The van der Waals surface area contributed by atoms with Crippen molar-refractivity contribution in [3.63, 3.8) is 0 Å². The number of hydrogen-bond acceptors (Lipinski definition) is 4. The van der Waals surface area contributed by atoms with E-state index < -0.39 is 0 Å². The van der Waals surface area contributed by atoms with Crippen molar-refractivity contribution in [2.45, 2.75) is 26.3 Å². The minimum Gasteiger partial charge on any atom is -0.497 e. The van der Waals surface area contributed by atoms with Crippen LogP contribution in [0, 0.1) is 0 Å². The van der Waals surface area contributed by atoms with Crippen LogP contribution in [0.15, 0.2) is 48.5 Å². The summed E-state index contributed by atoms with van der Waals surface area (Å²) in [4.78, 5) is 19.1. The standard InChI is InChI=1S/C24H33N3O2/c1-19(2)21-7-5-20(6-8-21)17-25(3)18-24(28)27-15-13-26(14-16-27)22-9-11-23(29-4)12-10-22/h5-12,19H,13-18H2,1-4H3. The molecule has 3 rings (SSSR count). The van der Waals surface area contributed by atoms with Crippen LogP contribution in [0.1, 0.15) is 30.9 Å². The van der Waals surface area contributed by atoms with Crippen LogP contribution < -0.4 is 9.64 Å². The number of piperazine rings is 1. The van der Waals surface area contributed by atoms with Crippen LogP contribution in [0.25, 0.3) is 0 Å². The summed E-state index contributed by atoms with van der Waals surface area (Å²) in [6.07, 6.45) is 0. The zero-order valence-corrected chi connectivity index (χ0v) is 18.1. The second-order valence-corrected chi connectivity index (χ2v) is 8.13. The largest absolute Gasteiger partial charge is 0.497 e. The molecule has 1 aliphatic rings. The average Bonchev–Trinajstić information content (AvgIpc) is 2.74. The van der Waals surface area contributed by atoms with Crippen molar-refractivity contribution in [3.8, 4) is 5.75 Å². The van der Waals surface area contributed by atoms with Gasteiger partial charge in [-0.3, -0.25) is 9.69 Å². The molecule has 0 spiro atoms. The molecule has 1 saturated heterocycles. The molecule has 0 bridgehead atoms. The van der Waals surface area contributed by atoms with Crippen LogP contribution in [-0.4, -0.2) is 62.6 Å². The zero-order valence-electron chi connectivity index (χ0n) is 18.1. The first kappa shape index (κ1) is 21.2. The van der Waals surface area contributed by atoms with Gasteiger partial charge >= 0.3 is 0 Å². The smallest absolute Gasteiger partial charge is 0.236 e. The van der Waals surface area contributed by atoms with Gasteiger partial charge in [0, 0.05) is 38.4 Å². The number of carbonyl (C=O) groups excluding carboxylic acids is 1. The van der Waals surface area contributed by atoms with Gasteiger partial charge in [-0.15, -0.1) is 0 Å². The van der Waals surface area contributed by atoms with E-state index in [4.69, 9.17) is 4.74 Å². The summed E-state index contributed by atoms with van der Waals surface area (Å²) in [5.74, 6) is 1.62. The number of benzene rings is 2. The molecule has 1 aliphatic heterocycles. The summed E-state index contributed by atoms with van der Waals surface area (Å²) >= 11 is 0. The molecule has 0 atom stereocenters. The van der Waals surface area contributed by atoms with E-state index in [1.807, 2.05) is 24.1 Å². The summed E-state index contributed by atoms with van der Waals surface area (Å²) in [5, 5.41) is 0. The van der Waals surface area contributed by atoms with Crippen LogP contribution in [-0.2, 0) is 11.3 Å². The number of rotatable bonds is 7. The van der Waals surface area contributed by atoms with Crippen LogP contribution in [0.4, 0.5) is 5.69 Å². The molecule has 1 heterocycles. The molecule has 0 aromatic heterocycles. The lowest BCUT2D eigenvalue weighted by molar-refractivity contribution is -0.132. The molecule has 2 aromatic rings. The molecule has 5 heteroatoms. The molecule has 0 unspecified atom stereocenters. The Balaban J connectivity index is 1.46. The SMILES string of the molecule is COc1ccc(N2CCN(C(=O)CN(C)Cc3ccc(C(C)C)cc3)CC2)cc1. The topological polar surface area (TPSA) is 36.0 Å². The van der Waals surface area contributed by atoms with Gasteiger partial charge in [-0.25, -0.2) is 0 Å². The average molecular weight is 396 g/mol. The van der Waals surface area contributed by atoms with Crippen molar-refractivity contribution in [1.29, 1.82) is 0 Å².